The van der Waals surface area contributed by atoms with Crippen LogP contribution in [-0.2, 0) is 9.53 Å². The smallest absolute Gasteiger partial charge is 0.305 e. The average Bonchev–Trinajstić information content (AvgIpc) is 2.98. The van der Waals surface area contributed by atoms with Gasteiger partial charge < -0.3 is 4.74 Å². The van der Waals surface area contributed by atoms with Crippen LogP contribution in [0.3, 0.4) is 0 Å². The lowest BCUT2D eigenvalue weighted by Crippen LogP contribution is -2.49. The summed E-state index contributed by atoms with van der Waals surface area (Å²) in [7, 11) is 1.52. The van der Waals surface area contributed by atoms with E-state index in [9.17, 15) is 4.79 Å². The zero-order chi connectivity index (χ0) is 20.8. The molecule has 0 aromatic rings. The van der Waals surface area contributed by atoms with Gasteiger partial charge in [-0.05, 0) is 110 Å². The first-order valence-corrected chi connectivity index (χ1v) is 12.9. The maximum Gasteiger partial charge on any atom is 0.305 e. The minimum atomic E-state index is -0.0329. The molecule has 2 heteroatoms. The summed E-state index contributed by atoms with van der Waals surface area (Å²) in [6, 6.07) is 0. The molecular weight excluding hydrogens is 356 g/mol. The second-order valence-electron chi connectivity index (χ2n) is 12.2. The third-order valence-electron chi connectivity index (χ3n) is 11.0. The molecule has 2 nitrogen and oxygen atoms in total. The van der Waals surface area contributed by atoms with Crippen LogP contribution in [0.2, 0.25) is 0 Å². The zero-order valence-electron chi connectivity index (χ0n) is 19.8. The molecule has 0 saturated heterocycles. The topological polar surface area (TPSA) is 26.3 Å². The Bertz CT molecular complexity index is 599. The first-order chi connectivity index (χ1) is 13.8. The highest BCUT2D eigenvalue weighted by Crippen LogP contribution is 2.67. The lowest BCUT2D eigenvalue weighted by Gasteiger charge is -2.57. The lowest BCUT2D eigenvalue weighted by atomic mass is 9.48. The van der Waals surface area contributed by atoms with Gasteiger partial charge in [0.1, 0.15) is 0 Å². The predicted molar refractivity (Wildman–Crippen MR) is 119 cm³/mol. The van der Waals surface area contributed by atoms with E-state index in [0.717, 1.165) is 41.9 Å². The number of carbonyl (C=O) groups is 1. The minimum Gasteiger partial charge on any atom is -0.469 e. The van der Waals surface area contributed by atoms with Gasteiger partial charge in [0.2, 0.25) is 0 Å². The Morgan fingerprint density at radius 2 is 1.72 bits per heavy atom. The van der Waals surface area contributed by atoms with Crippen LogP contribution in [0.4, 0.5) is 0 Å². The molecule has 166 valence electrons. The van der Waals surface area contributed by atoms with Crippen molar-refractivity contribution in [2.45, 2.75) is 105 Å². The molecule has 29 heavy (non-hydrogen) atoms. The Kier molecular flexibility index (Phi) is 6.13. The van der Waals surface area contributed by atoms with Gasteiger partial charge in [-0.25, -0.2) is 0 Å². The van der Waals surface area contributed by atoms with Crippen LogP contribution >= 0.6 is 0 Å². The van der Waals surface area contributed by atoms with E-state index in [1.165, 1.54) is 71.3 Å². The minimum absolute atomic E-state index is 0.0329. The molecule has 0 aromatic heterocycles. The Morgan fingerprint density at radius 3 is 2.48 bits per heavy atom. The Hall–Kier alpha value is -0.530. The van der Waals surface area contributed by atoms with Crippen molar-refractivity contribution >= 4 is 5.97 Å². The predicted octanol–water partition coefficient (Wildman–Crippen LogP) is 7.26. The van der Waals surface area contributed by atoms with Gasteiger partial charge in [-0.2, -0.15) is 0 Å². The van der Waals surface area contributed by atoms with Crippen LogP contribution in [-0.4, -0.2) is 13.1 Å². The van der Waals surface area contributed by atoms with Gasteiger partial charge in [0.05, 0.1) is 7.11 Å². The molecule has 0 aliphatic heterocycles. The molecule has 4 fully saturated rings. The molecule has 0 aromatic carbocycles. The first-order valence-electron chi connectivity index (χ1n) is 12.9. The highest BCUT2D eigenvalue weighted by atomic mass is 16.5. The highest BCUT2D eigenvalue weighted by Gasteiger charge is 2.59. The Morgan fingerprint density at radius 1 is 1.00 bits per heavy atom. The van der Waals surface area contributed by atoms with Crippen LogP contribution in [0.1, 0.15) is 105 Å². The molecule has 4 saturated carbocycles. The summed E-state index contributed by atoms with van der Waals surface area (Å²) in [6.45, 7) is 10.3. The SMILES string of the molecule is COC(=O)CC[C@@H](C)[C@H]1CC[C@H]2[C@@H]3CCC[C@@H]4C[C@H](C)CC[C@]4(C)C3CC[C@]12C. The van der Waals surface area contributed by atoms with E-state index >= 15 is 0 Å². The molecule has 0 bridgehead atoms. The van der Waals surface area contributed by atoms with Crippen molar-refractivity contribution in [3.05, 3.63) is 0 Å². The fraction of sp³-hybridized carbons (Fsp3) is 0.963. The first kappa shape index (κ1) is 21.7. The molecule has 0 radical (unpaired) electrons. The van der Waals surface area contributed by atoms with Gasteiger partial charge in [0.25, 0.3) is 0 Å². The van der Waals surface area contributed by atoms with E-state index in [0.29, 0.717) is 23.2 Å². The summed E-state index contributed by atoms with van der Waals surface area (Å²) in [6.07, 6.45) is 16.3. The maximum atomic E-state index is 11.7. The number of rotatable bonds is 4. The molecule has 9 atom stereocenters. The van der Waals surface area contributed by atoms with Crippen LogP contribution in [0.15, 0.2) is 0 Å². The van der Waals surface area contributed by atoms with E-state index in [-0.39, 0.29) is 5.97 Å². The molecule has 0 heterocycles. The van der Waals surface area contributed by atoms with E-state index in [1.54, 1.807) is 0 Å². The fourth-order valence-electron chi connectivity index (χ4n) is 9.30. The van der Waals surface area contributed by atoms with Crippen molar-refractivity contribution in [2.24, 2.45) is 52.3 Å². The summed E-state index contributed by atoms with van der Waals surface area (Å²) in [5.74, 6) is 6.23. The zero-order valence-corrected chi connectivity index (χ0v) is 19.8. The number of hydrogen-bond donors (Lipinski definition) is 0. The van der Waals surface area contributed by atoms with E-state index in [2.05, 4.69) is 27.7 Å². The second-order valence-corrected chi connectivity index (χ2v) is 12.2. The average molecular weight is 403 g/mol. The van der Waals surface area contributed by atoms with Gasteiger partial charge in [-0.3, -0.25) is 4.79 Å². The van der Waals surface area contributed by atoms with Crippen LogP contribution in [0, 0.1) is 52.3 Å². The van der Waals surface area contributed by atoms with E-state index in [4.69, 9.17) is 4.74 Å². The van der Waals surface area contributed by atoms with Crippen LogP contribution in [0.5, 0.6) is 0 Å². The molecule has 4 aliphatic rings. The van der Waals surface area contributed by atoms with Gasteiger partial charge in [0.15, 0.2) is 0 Å². The summed E-state index contributed by atoms with van der Waals surface area (Å²) in [4.78, 5) is 11.7. The summed E-state index contributed by atoms with van der Waals surface area (Å²) < 4.78 is 4.91. The molecule has 4 aliphatic carbocycles. The van der Waals surface area contributed by atoms with Crippen molar-refractivity contribution < 1.29 is 9.53 Å². The lowest BCUT2D eigenvalue weighted by molar-refractivity contribution is -0.141. The van der Waals surface area contributed by atoms with Crippen LogP contribution < -0.4 is 0 Å². The van der Waals surface area contributed by atoms with Gasteiger partial charge >= 0.3 is 5.97 Å². The largest absolute Gasteiger partial charge is 0.469 e. The maximum absolute atomic E-state index is 11.7. The van der Waals surface area contributed by atoms with Crippen molar-refractivity contribution in [2.75, 3.05) is 7.11 Å². The van der Waals surface area contributed by atoms with Crippen molar-refractivity contribution in [1.29, 1.82) is 0 Å². The summed E-state index contributed by atoms with van der Waals surface area (Å²) in [5.41, 5.74) is 1.12. The van der Waals surface area contributed by atoms with Crippen molar-refractivity contribution in [3.8, 4) is 0 Å². The fourth-order valence-corrected chi connectivity index (χ4v) is 9.30. The summed E-state index contributed by atoms with van der Waals surface area (Å²) >= 11 is 0. The monoisotopic (exact) mass is 402 g/mol. The molecule has 4 rings (SSSR count). The van der Waals surface area contributed by atoms with Crippen LogP contribution in [0.25, 0.3) is 0 Å². The number of methoxy groups -OCH3 is 1. The number of hydrogen-bond acceptors (Lipinski definition) is 2. The normalized spacial score (nSPS) is 48.0. The standard InChI is InChI=1S/C27H46O2/c1-18-13-15-26(3)20(17-18)7-6-8-21-23-11-10-22(19(2)9-12-25(28)29-5)27(23,4)16-14-24(21)26/h18-24H,6-17H2,1-5H3/t18-,19-,20-,21+,22-,23+,24?,26+,27-/m1/s1. The third-order valence-corrected chi connectivity index (χ3v) is 11.0. The third kappa shape index (κ3) is 3.69. The van der Waals surface area contributed by atoms with Gasteiger partial charge in [0, 0.05) is 6.42 Å². The Labute approximate surface area is 179 Å². The van der Waals surface area contributed by atoms with Gasteiger partial charge in [-0.1, -0.05) is 40.5 Å². The molecule has 0 spiro atoms. The Balaban J connectivity index is 1.51. The molecule has 1 unspecified atom stereocenters. The molecule has 0 N–H and O–H groups in total. The van der Waals surface area contributed by atoms with E-state index < -0.39 is 0 Å². The second kappa shape index (κ2) is 8.19. The summed E-state index contributed by atoms with van der Waals surface area (Å²) in [5, 5.41) is 0. The number of ether oxygens (including phenoxy) is 1. The van der Waals surface area contributed by atoms with Gasteiger partial charge in [-0.15, -0.1) is 0 Å². The van der Waals surface area contributed by atoms with Crippen molar-refractivity contribution in [3.63, 3.8) is 0 Å². The van der Waals surface area contributed by atoms with E-state index in [1.807, 2.05) is 0 Å². The number of carbonyl (C=O) groups excluding carboxylic acids is 1. The number of esters is 1. The molecular formula is C27H46O2. The number of fused-ring (bicyclic) bond motifs is 5. The molecule has 0 amide bonds. The highest BCUT2D eigenvalue weighted by molar-refractivity contribution is 5.69. The van der Waals surface area contributed by atoms with Crippen molar-refractivity contribution in [1.82, 2.24) is 0 Å². The quantitative estimate of drug-likeness (QED) is 0.462.